The van der Waals surface area contributed by atoms with Gasteiger partial charge in [-0.2, -0.15) is 0 Å². The molecule has 0 unspecified atom stereocenters. The number of hydrogen-bond acceptors (Lipinski definition) is 4. The molecule has 0 aliphatic carbocycles. The SMILES string of the molecule is O=C(Cc1cccc([N+](=O)[O-])c1)N[C@H](Cc1ccc(F)cc1)C(=O)O. The molecule has 0 spiro atoms. The Kier molecular flexibility index (Phi) is 5.78. The minimum absolute atomic E-state index is 0.00368. The maximum Gasteiger partial charge on any atom is 0.326 e. The maximum absolute atomic E-state index is 12.9. The first kappa shape index (κ1) is 18.1. The molecular formula is C17H15FN2O5. The molecule has 2 N–H and O–H groups in total. The fraction of sp³-hybridized carbons (Fsp3) is 0.176. The van der Waals surface area contributed by atoms with Crippen molar-refractivity contribution in [2.75, 3.05) is 0 Å². The van der Waals surface area contributed by atoms with E-state index in [1.165, 1.54) is 42.5 Å². The lowest BCUT2D eigenvalue weighted by atomic mass is 10.1. The van der Waals surface area contributed by atoms with Crippen LogP contribution >= 0.6 is 0 Å². The lowest BCUT2D eigenvalue weighted by Crippen LogP contribution is -2.43. The number of rotatable bonds is 7. The number of nitrogens with one attached hydrogen (secondary N) is 1. The summed E-state index contributed by atoms with van der Waals surface area (Å²) in [7, 11) is 0. The standard InChI is InChI=1S/C17H15FN2O5/c18-13-6-4-11(5-7-13)9-15(17(22)23)19-16(21)10-12-2-1-3-14(8-12)20(24)25/h1-8,15H,9-10H2,(H,19,21)(H,22,23)/t15-/m1/s1. The molecule has 0 saturated heterocycles. The lowest BCUT2D eigenvalue weighted by molar-refractivity contribution is -0.384. The van der Waals surface area contributed by atoms with Crippen LogP contribution in [0.5, 0.6) is 0 Å². The van der Waals surface area contributed by atoms with Gasteiger partial charge in [-0.05, 0) is 23.3 Å². The molecule has 0 aliphatic heterocycles. The largest absolute Gasteiger partial charge is 0.480 e. The minimum atomic E-state index is -1.23. The van der Waals surface area contributed by atoms with Crippen molar-refractivity contribution in [2.45, 2.75) is 18.9 Å². The van der Waals surface area contributed by atoms with Gasteiger partial charge in [0.25, 0.3) is 5.69 Å². The van der Waals surface area contributed by atoms with Crippen molar-refractivity contribution in [3.8, 4) is 0 Å². The first-order chi connectivity index (χ1) is 11.8. The van der Waals surface area contributed by atoms with Crippen molar-refractivity contribution in [2.24, 2.45) is 0 Å². The number of hydrogen-bond donors (Lipinski definition) is 2. The Labute approximate surface area is 142 Å². The summed E-state index contributed by atoms with van der Waals surface area (Å²) in [5, 5.41) is 22.4. The van der Waals surface area contributed by atoms with E-state index in [0.29, 0.717) is 11.1 Å². The summed E-state index contributed by atoms with van der Waals surface area (Å²) >= 11 is 0. The third-order valence-electron chi connectivity index (χ3n) is 3.47. The molecule has 2 aromatic rings. The highest BCUT2D eigenvalue weighted by Crippen LogP contribution is 2.13. The smallest absolute Gasteiger partial charge is 0.326 e. The van der Waals surface area contributed by atoms with E-state index in [-0.39, 0.29) is 18.5 Å². The van der Waals surface area contributed by atoms with Gasteiger partial charge in [0.05, 0.1) is 11.3 Å². The zero-order valence-electron chi connectivity index (χ0n) is 13.0. The van der Waals surface area contributed by atoms with Gasteiger partial charge >= 0.3 is 5.97 Å². The zero-order chi connectivity index (χ0) is 18.4. The lowest BCUT2D eigenvalue weighted by Gasteiger charge is -2.14. The van der Waals surface area contributed by atoms with Gasteiger partial charge in [0.2, 0.25) is 5.91 Å². The molecule has 25 heavy (non-hydrogen) atoms. The highest BCUT2D eigenvalue weighted by Gasteiger charge is 2.21. The number of carboxylic acid groups (broad SMARTS) is 1. The summed E-state index contributed by atoms with van der Waals surface area (Å²) < 4.78 is 12.9. The maximum atomic E-state index is 12.9. The number of nitrogens with zero attached hydrogens (tertiary/aromatic N) is 1. The van der Waals surface area contributed by atoms with E-state index in [1.807, 2.05) is 0 Å². The van der Waals surface area contributed by atoms with Crippen molar-refractivity contribution in [3.63, 3.8) is 0 Å². The van der Waals surface area contributed by atoms with Crippen molar-refractivity contribution >= 4 is 17.6 Å². The Morgan fingerprint density at radius 3 is 2.44 bits per heavy atom. The van der Waals surface area contributed by atoms with Crippen molar-refractivity contribution in [1.29, 1.82) is 0 Å². The third-order valence-corrected chi connectivity index (χ3v) is 3.47. The molecule has 0 bridgehead atoms. The molecule has 1 amide bonds. The molecule has 0 aromatic heterocycles. The Morgan fingerprint density at radius 2 is 1.84 bits per heavy atom. The van der Waals surface area contributed by atoms with E-state index in [1.54, 1.807) is 6.07 Å². The summed E-state index contributed by atoms with van der Waals surface area (Å²) in [5.74, 6) is -2.24. The number of carbonyl (C=O) groups is 2. The summed E-state index contributed by atoms with van der Waals surface area (Å²) in [6, 6.07) is 9.67. The predicted molar refractivity (Wildman–Crippen MR) is 86.5 cm³/mol. The van der Waals surface area contributed by atoms with Crippen LogP contribution in [0.4, 0.5) is 10.1 Å². The molecule has 0 fully saturated rings. The monoisotopic (exact) mass is 346 g/mol. The number of nitro benzene ring substituents is 1. The van der Waals surface area contributed by atoms with Crippen molar-refractivity contribution in [3.05, 3.63) is 75.6 Å². The van der Waals surface area contributed by atoms with Gasteiger partial charge in [-0.15, -0.1) is 0 Å². The van der Waals surface area contributed by atoms with Crippen LogP contribution in [0.1, 0.15) is 11.1 Å². The molecule has 0 radical (unpaired) electrons. The van der Waals surface area contributed by atoms with E-state index >= 15 is 0 Å². The molecule has 0 saturated carbocycles. The van der Waals surface area contributed by atoms with Gasteiger partial charge in [0.15, 0.2) is 0 Å². The fourth-order valence-corrected chi connectivity index (χ4v) is 2.27. The normalized spacial score (nSPS) is 11.6. The Bertz CT molecular complexity index is 792. The summed E-state index contributed by atoms with van der Waals surface area (Å²) in [6.07, 6.45) is -0.189. The first-order valence-corrected chi connectivity index (χ1v) is 7.35. The summed E-state index contributed by atoms with van der Waals surface area (Å²) in [6.45, 7) is 0. The highest BCUT2D eigenvalue weighted by atomic mass is 19.1. The number of carbonyl (C=O) groups excluding carboxylic acids is 1. The highest BCUT2D eigenvalue weighted by molar-refractivity contribution is 5.85. The van der Waals surface area contributed by atoms with Gasteiger partial charge in [-0.25, -0.2) is 9.18 Å². The van der Waals surface area contributed by atoms with Crippen molar-refractivity contribution < 1.29 is 24.0 Å². The van der Waals surface area contributed by atoms with Crippen LogP contribution in [-0.2, 0) is 22.4 Å². The topological polar surface area (TPSA) is 110 Å². The second-order valence-electron chi connectivity index (χ2n) is 5.39. The molecule has 2 aromatic carbocycles. The molecule has 1 atom stereocenters. The molecule has 2 rings (SSSR count). The molecule has 130 valence electrons. The van der Waals surface area contributed by atoms with Crippen molar-refractivity contribution in [1.82, 2.24) is 5.32 Å². The average molecular weight is 346 g/mol. The zero-order valence-corrected chi connectivity index (χ0v) is 13.0. The molecule has 0 heterocycles. The first-order valence-electron chi connectivity index (χ1n) is 7.35. The number of amides is 1. The quantitative estimate of drug-likeness (QED) is 0.589. The number of nitro groups is 1. The Hall–Kier alpha value is -3.29. The second kappa shape index (κ2) is 8.00. The van der Waals surface area contributed by atoms with Gasteiger partial charge < -0.3 is 10.4 Å². The predicted octanol–water partition coefficient (Wildman–Crippen LogP) is 2.09. The number of halogens is 1. The fourth-order valence-electron chi connectivity index (χ4n) is 2.27. The van der Waals surface area contributed by atoms with E-state index in [2.05, 4.69) is 5.32 Å². The molecule has 7 nitrogen and oxygen atoms in total. The summed E-state index contributed by atoms with van der Waals surface area (Å²) in [5.41, 5.74) is 0.813. The second-order valence-corrected chi connectivity index (χ2v) is 5.39. The minimum Gasteiger partial charge on any atom is -0.480 e. The van der Waals surface area contributed by atoms with Crippen LogP contribution in [0, 0.1) is 15.9 Å². The van der Waals surface area contributed by atoms with E-state index in [0.717, 1.165) is 0 Å². The van der Waals surface area contributed by atoms with E-state index in [4.69, 9.17) is 0 Å². The molecule has 0 aliphatic rings. The number of carboxylic acids is 1. The number of benzene rings is 2. The van der Waals surface area contributed by atoms with Gasteiger partial charge in [-0.3, -0.25) is 14.9 Å². The molecule has 8 heteroatoms. The summed E-state index contributed by atoms with van der Waals surface area (Å²) in [4.78, 5) is 33.5. The number of aliphatic carboxylic acids is 1. The number of non-ortho nitro benzene ring substituents is 1. The van der Waals surface area contributed by atoms with Crippen LogP contribution in [0.25, 0.3) is 0 Å². The van der Waals surface area contributed by atoms with Crippen LogP contribution in [0.2, 0.25) is 0 Å². The van der Waals surface area contributed by atoms with Crippen LogP contribution < -0.4 is 5.32 Å². The Morgan fingerprint density at radius 1 is 1.16 bits per heavy atom. The third kappa shape index (κ3) is 5.38. The van der Waals surface area contributed by atoms with Gasteiger partial charge in [-0.1, -0.05) is 24.3 Å². The van der Waals surface area contributed by atoms with E-state index < -0.39 is 28.7 Å². The Balaban J connectivity index is 2.02. The molecular weight excluding hydrogens is 331 g/mol. The van der Waals surface area contributed by atoms with Crippen LogP contribution in [0.3, 0.4) is 0 Å². The van der Waals surface area contributed by atoms with Crippen LogP contribution in [-0.4, -0.2) is 27.9 Å². The van der Waals surface area contributed by atoms with Gasteiger partial charge in [0.1, 0.15) is 11.9 Å². The average Bonchev–Trinajstić information content (AvgIpc) is 2.56. The van der Waals surface area contributed by atoms with Crippen LogP contribution in [0.15, 0.2) is 48.5 Å². The van der Waals surface area contributed by atoms with Gasteiger partial charge in [0, 0.05) is 18.6 Å². The van der Waals surface area contributed by atoms with E-state index in [9.17, 15) is 29.2 Å².